The molecule has 1 heterocycles. The lowest BCUT2D eigenvalue weighted by atomic mass is 10.1. The van der Waals surface area contributed by atoms with Crippen LogP contribution < -0.4 is 0 Å². The van der Waals surface area contributed by atoms with Crippen LogP contribution in [0.15, 0.2) is 16.3 Å². The first-order valence-corrected chi connectivity index (χ1v) is 10.6. The van der Waals surface area contributed by atoms with Crippen LogP contribution in [0.1, 0.15) is 65.7 Å². The molecular formula is C16H31NSi. The fraction of sp³-hybridized carbons (Fsp3) is 0.812. The second-order valence-electron chi connectivity index (χ2n) is 5.70. The molecule has 0 aromatic rings. The summed E-state index contributed by atoms with van der Waals surface area (Å²) >= 11 is 0. The Kier molecular flexibility index (Phi) is 6.91. The number of aliphatic imine (C=N–C) groups is 1. The second-order valence-corrected chi connectivity index (χ2v) is 10.3. The molecule has 0 bridgehead atoms. The summed E-state index contributed by atoms with van der Waals surface area (Å²) < 4.78 is 0. The van der Waals surface area contributed by atoms with Gasteiger partial charge in [0, 0.05) is 11.9 Å². The maximum atomic E-state index is 5.04. The summed E-state index contributed by atoms with van der Waals surface area (Å²) in [7, 11) is -1.42. The summed E-state index contributed by atoms with van der Waals surface area (Å²) in [6, 6.07) is 1.32. The van der Waals surface area contributed by atoms with E-state index in [4.69, 9.17) is 4.99 Å². The van der Waals surface area contributed by atoms with Crippen molar-refractivity contribution in [2.45, 2.75) is 78.3 Å². The van der Waals surface area contributed by atoms with Crippen molar-refractivity contribution in [2.24, 2.45) is 4.99 Å². The van der Waals surface area contributed by atoms with E-state index in [0.717, 1.165) is 6.54 Å². The standard InChI is InChI=1S/C16H31NSi/c1-5-15(6-2)18(4,7-3)16-13-11-9-8-10-12-14-17-16/h5H,6-14H2,1-4H3/b15-5+,17-16?. The van der Waals surface area contributed by atoms with Crippen LogP contribution in [0.25, 0.3) is 0 Å². The molecule has 0 amide bonds. The lowest BCUT2D eigenvalue weighted by Gasteiger charge is -2.31. The molecular weight excluding hydrogens is 234 g/mol. The van der Waals surface area contributed by atoms with Crippen LogP contribution in [0.4, 0.5) is 0 Å². The minimum absolute atomic E-state index is 1.08. The van der Waals surface area contributed by atoms with Crippen molar-refractivity contribution in [3.8, 4) is 0 Å². The fourth-order valence-corrected chi connectivity index (χ4v) is 7.05. The Labute approximate surface area is 115 Å². The Morgan fingerprint density at radius 1 is 1.17 bits per heavy atom. The van der Waals surface area contributed by atoms with E-state index in [1.807, 2.05) is 0 Å². The second kappa shape index (κ2) is 7.93. The van der Waals surface area contributed by atoms with Gasteiger partial charge in [-0.25, -0.2) is 0 Å². The number of hydrogen-bond donors (Lipinski definition) is 0. The number of rotatable bonds is 4. The van der Waals surface area contributed by atoms with E-state index in [0.29, 0.717) is 0 Å². The van der Waals surface area contributed by atoms with Gasteiger partial charge in [0.15, 0.2) is 0 Å². The van der Waals surface area contributed by atoms with Gasteiger partial charge in [-0.3, -0.25) is 4.99 Å². The number of allylic oxidation sites excluding steroid dienone is 2. The molecule has 1 aliphatic heterocycles. The molecule has 1 aliphatic rings. The molecule has 1 unspecified atom stereocenters. The summed E-state index contributed by atoms with van der Waals surface area (Å²) in [5, 5.41) is 3.32. The van der Waals surface area contributed by atoms with E-state index >= 15 is 0 Å². The molecule has 0 fully saturated rings. The van der Waals surface area contributed by atoms with Crippen LogP contribution in [-0.4, -0.2) is 20.0 Å². The van der Waals surface area contributed by atoms with Crippen LogP contribution in [0, 0.1) is 0 Å². The maximum Gasteiger partial charge on any atom is 0.127 e. The Morgan fingerprint density at radius 2 is 1.83 bits per heavy atom. The van der Waals surface area contributed by atoms with Gasteiger partial charge in [0.05, 0.1) is 0 Å². The first-order valence-electron chi connectivity index (χ1n) is 7.88. The Balaban J connectivity index is 2.95. The van der Waals surface area contributed by atoms with Gasteiger partial charge in [0.1, 0.15) is 8.07 Å². The molecule has 104 valence electrons. The van der Waals surface area contributed by atoms with Crippen molar-refractivity contribution in [2.75, 3.05) is 6.54 Å². The quantitative estimate of drug-likeness (QED) is 0.610. The molecule has 0 aromatic carbocycles. The fourth-order valence-electron chi connectivity index (χ4n) is 3.21. The highest BCUT2D eigenvalue weighted by Crippen LogP contribution is 2.27. The molecule has 0 aromatic heterocycles. The number of nitrogens with zero attached hydrogens (tertiary/aromatic N) is 1. The van der Waals surface area contributed by atoms with Crippen molar-refractivity contribution < 1.29 is 0 Å². The zero-order chi connectivity index (χ0) is 13.4. The summed E-state index contributed by atoms with van der Waals surface area (Å²) in [5.74, 6) is 0. The Bertz CT molecular complexity index is 306. The van der Waals surface area contributed by atoms with Gasteiger partial charge in [-0.2, -0.15) is 0 Å². The number of hydrogen-bond acceptors (Lipinski definition) is 1. The monoisotopic (exact) mass is 265 g/mol. The van der Waals surface area contributed by atoms with Crippen molar-refractivity contribution in [3.63, 3.8) is 0 Å². The molecule has 0 N–H and O–H groups in total. The van der Waals surface area contributed by atoms with Crippen LogP contribution >= 0.6 is 0 Å². The van der Waals surface area contributed by atoms with Crippen molar-refractivity contribution in [1.82, 2.24) is 0 Å². The smallest absolute Gasteiger partial charge is 0.127 e. The first kappa shape index (κ1) is 15.7. The summed E-state index contributed by atoms with van der Waals surface area (Å²) in [4.78, 5) is 5.04. The molecule has 0 spiro atoms. The highest BCUT2D eigenvalue weighted by Gasteiger charge is 2.33. The minimum atomic E-state index is -1.42. The third kappa shape index (κ3) is 3.81. The van der Waals surface area contributed by atoms with E-state index < -0.39 is 8.07 Å². The van der Waals surface area contributed by atoms with Gasteiger partial charge in [0.25, 0.3) is 0 Å². The molecule has 1 rings (SSSR count). The van der Waals surface area contributed by atoms with Gasteiger partial charge >= 0.3 is 0 Å². The average molecular weight is 266 g/mol. The van der Waals surface area contributed by atoms with Gasteiger partial charge in [-0.05, 0) is 32.6 Å². The topological polar surface area (TPSA) is 12.4 Å². The van der Waals surface area contributed by atoms with E-state index in [1.165, 1.54) is 51.0 Å². The van der Waals surface area contributed by atoms with Crippen LogP contribution in [0.3, 0.4) is 0 Å². The van der Waals surface area contributed by atoms with Gasteiger partial charge in [0.2, 0.25) is 0 Å². The van der Waals surface area contributed by atoms with Crippen LogP contribution in [0.5, 0.6) is 0 Å². The predicted octanol–water partition coefficient (Wildman–Crippen LogP) is 5.31. The van der Waals surface area contributed by atoms with Crippen LogP contribution in [-0.2, 0) is 0 Å². The molecule has 2 heteroatoms. The largest absolute Gasteiger partial charge is 0.298 e. The molecule has 0 saturated carbocycles. The van der Waals surface area contributed by atoms with Gasteiger partial charge in [-0.1, -0.05) is 57.0 Å². The van der Waals surface area contributed by atoms with Crippen molar-refractivity contribution in [1.29, 1.82) is 0 Å². The van der Waals surface area contributed by atoms with Gasteiger partial charge in [-0.15, -0.1) is 0 Å². The normalized spacial score (nSPS) is 22.4. The highest BCUT2D eigenvalue weighted by molar-refractivity contribution is 7.10. The summed E-state index contributed by atoms with van der Waals surface area (Å²) in [6.45, 7) is 10.5. The van der Waals surface area contributed by atoms with Crippen molar-refractivity contribution >= 4 is 13.4 Å². The third-order valence-electron chi connectivity index (χ3n) is 4.66. The lowest BCUT2D eigenvalue weighted by molar-refractivity contribution is 0.639. The summed E-state index contributed by atoms with van der Waals surface area (Å²) in [6.07, 6.45) is 11.7. The first-order chi connectivity index (χ1) is 8.69. The van der Waals surface area contributed by atoms with Crippen molar-refractivity contribution in [3.05, 3.63) is 11.3 Å². The van der Waals surface area contributed by atoms with E-state index in [-0.39, 0.29) is 0 Å². The third-order valence-corrected chi connectivity index (χ3v) is 9.81. The van der Waals surface area contributed by atoms with E-state index in [9.17, 15) is 0 Å². The minimum Gasteiger partial charge on any atom is -0.298 e. The van der Waals surface area contributed by atoms with Crippen LogP contribution in [0.2, 0.25) is 12.6 Å². The van der Waals surface area contributed by atoms with E-state index in [1.54, 1.807) is 10.5 Å². The average Bonchev–Trinajstić information content (AvgIpc) is 2.53. The van der Waals surface area contributed by atoms with E-state index in [2.05, 4.69) is 33.4 Å². The SMILES string of the molecule is C/C=C(\CC)[Si](C)(CC)C1=NCCCCCCC1. The maximum absolute atomic E-state index is 5.04. The highest BCUT2D eigenvalue weighted by atomic mass is 28.3. The molecule has 1 atom stereocenters. The Morgan fingerprint density at radius 3 is 2.44 bits per heavy atom. The molecule has 0 radical (unpaired) electrons. The zero-order valence-corrected chi connectivity index (χ0v) is 13.9. The zero-order valence-electron chi connectivity index (χ0n) is 12.9. The molecule has 0 aliphatic carbocycles. The van der Waals surface area contributed by atoms with Gasteiger partial charge < -0.3 is 0 Å². The molecule has 18 heavy (non-hydrogen) atoms. The molecule has 1 nitrogen and oxygen atoms in total. The predicted molar refractivity (Wildman–Crippen MR) is 86.2 cm³/mol. The summed E-state index contributed by atoms with van der Waals surface area (Å²) in [5.41, 5.74) is 0. The Hall–Kier alpha value is -0.373. The lowest BCUT2D eigenvalue weighted by Crippen LogP contribution is -2.43. The molecule has 0 saturated heterocycles.